The highest BCUT2D eigenvalue weighted by Crippen LogP contribution is 2.13. The van der Waals surface area contributed by atoms with Crippen molar-refractivity contribution in [1.29, 1.82) is 0 Å². The van der Waals surface area contributed by atoms with Crippen molar-refractivity contribution in [3.05, 3.63) is 0 Å². The van der Waals surface area contributed by atoms with Crippen LogP contribution in [0.1, 0.15) is 53.9 Å². The van der Waals surface area contributed by atoms with Crippen LogP contribution in [-0.4, -0.2) is 47.8 Å². The molecule has 0 aromatic heterocycles. The van der Waals surface area contributed by atoms with E-state index in [1.807, 2.05) is 0 Å². The maximum Gasteiger partial charge on any atom is 0.0610 e. The lowest BCUT2D eigenvalue weighted by atomic mass is 9.95. The van der Waals surface area contributed by atoms with Crippen molar-refractivity contribution in [3.63, 3.8) is 0 Å². The van der Waals surface area contributed by atoms with Gasteiger partial charge in [-0.25, -0.2) is 0 Å². The molecule has 0 spiro atoms. The molecule has 17 heavy (non-hydrogen) atoms. The van der Waals surface area contributed by atoms with Crippen LogP contribution in [0.25, 0.3) is 0 Å². The molecule has 0 rings (SSSR count). The molecule has 0 saturated heterocycles. The Labute approximate surface area is 108 Å². The number of aliphatic hydroxyl groups excluding tert-OH is 1. The third-order valence-corrected chi connectivity index (χ3v) is 3.18. The molecule has 0 amide bonds. The topological polar surface area (TPSA) is 35.5 Å². The SMILES string of the molecule is CCCN(CC)CCCC(C)(CO)NC(C)C. The van der Waals surface area contributed by atoms with Crippen LogP contribution in [-0.2, 0) is 0 Å². The maximum atomic E-state index is 9.48. The van der Waals surface area contributed by atoms with Gasteiger partial charge in [0, 0.05) is 11.6 Å². The Bertz CT molecular complexity index is 185. The van der Waals surface area contributed by atoms with E-state index in [4.69, 9.17) is 0 Å². The summed E-state index contributed by atoms with van der Waals surface area (Å²) in [5.74, 6) is 0. The van der Waals surface area contributed by atoms with Crippen LogP contribution in [0.3, 0.4) is 0 Å². The average molecular weight is 244 g/mol. The average Bonchev–Trinajstić information content (AvgIpc) is 2.27. The number of hydrogen-bond acceptors (Lipinski definition) is 3. The first kappa shape index (κ1) is 16.9. The summed E-state index contributed by atoms with van der Waals surface area (Å²) in [7, 11) is 0. The minimum atomic E-state index is -0.125. The summed E-state index contributed by atoms with van der Waals surface area (Å²) in [4.78, 5) is 2.48. The molecule has 104 valence electrons. The molecule has 1 atom stereocenters. The van der Waals surface area contributed by atoms with E-state index < -0.39 is 0 Å². The zero-order valence-electron chi connectivity index (χ0n) is 12.4. The van der Waals surface area contributed by atoms with Crippen LogP contribution in [0.15, 0.2) is 0 Å². The Morgan fingerprint density at radius 2 is 1.88 bits per heavy atom. The monoisotopic (exact) mass is 244 g/mol. The summed E-state index contributed by atoms with van der Waals surface area (Å²) in [6, 6.07) is 0.421. The number of hydrogen-bond donors (Lipinski definition) is 2. The van der Waals surface area contributed by atoms with Crippen LogP contribution in [0.5, 0.6) is 0 Å². The molecule has 0 saturated carbocycles. The largest absolute Gasteiger partial charge is 0.394 e. The molecule has 2 N–H and O–H groups in total. The second-order valence-corrected chi connectivity index (χ2v) is 5.56. The first-order chi connectivity index (χ1) is 7.97. The summed E-state index contributed by atoms with van der Waals surface area (Å²) in [5.41, 5.74) is -0.125. The molecule has 0 aliphatic rings. The van der Waals surface area contributed by atoms with Gasteiger partial charge in [-0.3, -0.25) is 0 Å². The standard InChI is InChI=1S/C14H32N2O/c1-6-10-16(7-2)11-8-9-14(5,12-17)15-13(3)4/h13,15,17H,6-12H2,1-5H3. The highest BCUT2D eigenvalue weighted by molar-refractivity contribution is 4.84. The Balaban J connectivity index is 3.97. The zero-order chi connectivity index (χ0) is 13.3. The molecule has 0 aromatic carbocycles. The fourth-order valence-corrected chi connectivity index (χ4v) is 2.33. The fourth-order valence-electron chi connectivity index (χ4n) is 2.33. The minimum Gasteiger partial charge on any atom is -0.394 e. The molecule has 0 aromatic rings. The molecule has 0 bridgehead atoms. The summed E-state index contributed by atoms with van der Waals surface area (Å²) in [6.07, 6.45) is 3.39. The van der Waals surface area contributed by atoms with Crippen LogP contribution >= 0.6 is 0 Å². The quantitative estimate of drug-likeness (QED) is 0.619. The third-order valence-electron chi connectivity index (χ3n) is 3.18. The molecule has 0 heterocycles. The van der Waals surface area contributed by atoms with Gasteiger partial charge in [0.05, 0.1) is 6.61 Å². The Morgan fingerprint density at radius 1 is 1.24 bits per heavy atom. The highest BCUT2D eigenvalue weighted by Gasteiger charge is 2.23. The van der Waals surface area contributed by atoms with Crippen molar-refractivity contribution in [3.8, 4) is 0 Å². The van der Waals surface area contributed by atoms with E-state index in [9.17, 15) is 5.11 Å². The van der Waals surface area contributed by atoms with Gasteiger partial charge in [0.1, 0.15) is 0 Å². The van der Waals surface area contributed by atoms with Crippen LogP contribution in [0.2, 0.25) is 0 Å². The Kier molecular flexibility index (Phi) is 8.83. The fraction of sp³-hybridized carbons (Fsp3) is 1.00. The third kappa shape index (κ3) is 7.74. The normalized spacial score (nSPS) is 15.5. The molecule has 0 aliphatic carbocycles. The molecule has 0 fully saturated rings. The van der Waals surface area contributed by atoms with Crippen LogP contribution in [0.4, 0.5) is 0 Å². The summed E-state index contributed by atoms with van der Waals surface area (Å²) < 4.78 is 0. The summed E-state index contributed by atoms with van der Waals surface area (Å²) >= 11 is 0. The van der Waals surface area contributed by atoms with Crippen molar-refractivity contribution < 1.29 is 5.11 Å². The van der Waals surface area contributed by atoms with Crippen molar-refractivity contribution in [1.82, 2.24) is 10.2 Å². The molecule has 3 heteroatoms. The first-order valence-electron chi connectivity index (χ1n) is 7.08. The number of aliphatic hydroxyl groups is 1. The maximum absolute atomic E-state index is 9.48. The van der Waals surface area contributed by atoms with Gasteiger partial charge >= 0.3 is 0 Å². The lowest BCUT2D eigenvalue weighted by Crippen LogP contribution is -2.49. The Morgan fingerprint density at radius 3 is 2.29 bits per heavy atom. The minimum absolute atomic E-state index is 0.125. The summed E-state index contributed by atoms with van der Waals surface area (Å²) in [5, 5.41) is 12.9. The van der Waals surface area contributed by atoms with Gasteiger partial charge in [-0.05, 0) is 45.8 Å². The van der Waals surface area contributed by atoms with E-state index in [1.165, 1.54) is 13.0 Å². The molecular weight excluding hydrogens is 212 g/mol. The number of rotatable bonds is 10. The number of nitrogens with one attached hydrogen (secondary N) is 1. The van der Waals surface area contributed by atoms with E-state index in [-0.39, 0.29) is 12.1 Å². The molecular formula is C14H32N2O. The summed E-state index contributed by atoms with van der Waals surface area (Å²) in [6.45, 7) is 14.5. The van der Waals surface area contributed by atoms with Gasteiger partial charge in [0.25, 0.3) is 0 Å². The molecule has 0 aliphatic heterocycles. The van der Waals surface area contributed by atoms with E-state index in [1.54, 1.807) is 0 Å². The molecule has 0 radical (unpaired) electrons. The Hall–Kier alpha value is -0.120. The lowest BCUT2D eigenvalue weighted by molar-refractivity contribution is 0.148. The lowest BCUT2D eigenvalue weighted by Gasteiger charge is -2.32. The van der Waals surface area contributed by atoms with Gasteiger partial charge in [-0.2, -0.15) is 0 Å². The smallest absolute Gasteiger partial charge is 0.0610 e. The van der Waals surface area contributed by atoms with Gasteiger partial charge in [0.2, 0.25) is 0 Å². The molecule has 1 unspecified atom stereocenters. The van der Waals surface area contributed by atoms with Gasteiger partial charge in [-0.1, -0.05) is 27.7 Å². The van der Waals surface area contributed by atoms with Crippen molar-refractivity contribution in [2.75, 3.05) is 26.2 Å². The van der Waals surface area contributed by atoms with Crippen molar-refractivity contribution in [2.24, 2.45) is 0 Å². The van der Waals surface area contributed by atoms with Crippen LogP contribution in [0, 0.1) is 0 Å². The zero-order valence-corrected chi connectivity index (χ0v) is 12.4. The van der Waals surface area contributed by atoms with Gasteiger partial charge in [-0.15, -0.1) is 0 Å². The van der Waals surface area contributed by atoms with Crippen molar-refractivity contribution in [2.45, 2.75) is 65.5 Å². The highest BCUT2D eigenvalue weighted by atomic mass is 16.3. The van der Waals surface area contributed by atoms with E-state index in [0.717, 1.165) is 25.9 Å². The molecule has 3 nitrogen and oxygen atoms in total. The second-order valence-electron chi connectivity index (χ2n) is 5.56. The predicted octanol–water partition coefficient (Wildman–Crippen LogP) is 2.25. The van der Waals surface area contributed by atoms with E-state index in [2.05, 4.69) is 44.8 Å². The number of nitrogens with zero attached hydrogens (tertiary/aromatic N) is 1. The van der Waals surface area contributed by atoms with E-state index >= 15 is 0 Å². The van der Waals surface area contributed by atoms with Gasteiger partial charge in [0.15, 0.2) is 0 Å². The van der Waals surface area contributed by atoms with Gasteiger partial charge < -0.3 is 15.3 Å². The first-order valence-corrected chi connectivity index (χ1v) is 7.08. The second kappa shape index (κ2) is 8.90. The predicted molar refractivity (Wildman–Crippen MR) is 75.4 cm³/mol. The van der Waals surface area contributed by atoms with Crippen molar-refractivity contribution >= 4 is 0 Å². The van der Waals surface area contributed by atoms with Crippen LogP contribution < -0.4 is 5.32 Å². The van der Waals surface area contributed by atoms with E-state index in [0.29, 0.717) is 6.04 Å².